The molecule has 66 valence electrons. The average Bonchev–Trinajstić information content (AvgIpc) is 2.27. The van der Waals surface area contributed by atoms with Gasteiger partial charge in [0.15, 0.2) is 0 Å². The lowest BCUT2D eigenvalue weighted by Crippen LogP contribution is -2.08. The van der Waals surface area contributed by atoms with Crippen LogP contribution in [0.15, 0.2) is 35.7 Å². The first kappa shape index (κ1) is 9.20. The Morgan fingerprint density at radius 3 is 3.17 bits per heavy atom. The number of hydrogen-bond acceptors (Lipinski definition) is 1. The molecule has 0 aromatic carbocycles. The van der Waals surface area contributed by atoms with Crippen molar-refractivity contribution in [2.24, 2.45) is 0 Å². The first-order chi connectivity index (χ1) is 5.84. The highest BCUT2D eigenvalue weighted by Gasteiger charge is 2.03. The van der Waals surface area contributed by atoms with Crippen LogP contribution in [0.1, 0.15) is 12.8 Å². The Bertz CT molecular complexity index is 226. The van der Waals surface area contributed by atoms with Gasteiger partial charge in [-0.1, -0.05) is 18.2 Å². The van der Waals surface area contributed by atoms with Gasteiger partial charge in [-0.25, -0.2) is 4.39 Å². The van der Waals surface area contributed by atoms with Crippen LogP contribution < -0.4 is 5.32 Å². The van der Waals surface area contributed by atoms with Gasteiger partial charge in [-0.3, -0.25) is 0 Å². The highest BCUT2D eigenvalue weighted by atomic mass is 19.1. The molecule has 0 fully saturated rings. The lowest BCUT2D eigenvalue weighted by atomic mass is 10.1. The third-order valence-corrected chi connectivity index (χ3v) is 1.82. The van der Waals surface area contributed by atoms with Crippen molar-refractivity contribution < 1.29 is 4.39 Å². The summed E-state index contributed by atoms with van der Waals surface area (Å²) < 4.78 is 13.2. The summed E-state index contributed by atoms with van der Waals surface area (Å²) in [5, 5.41) is 3.00. The Morgan fingerprint density at radius 2 is 2.42 bits per heavy atom. The van der Waals surface area contributed by atoms with E-state index in [4.69, 9.17) is 0 Å². The Labute approximate surface area is 72.7 Å². The highest BCUT2D eigenvalue weighted by molar-refractivity contribution is 5.32. The lowest BCUT2D eigenvalue weighted by Gasteiger charge is -2.02. The molecule has 12 heavy (non-hydrogen) atoms. The predicted octanol–water partition coefficient (Wildman–Crippen LogP) is 2.34. The van der Waals surface area contributed by atoms with Gasteiger partial charge in [-0.2, -0.15) is 0 Å². The van der Waals surface area contributed by atoms with Crippen molar-refractivity contribution in [2.45, 2.75) is 12.8 Å². The van der Waals surface area contributed by atoms with Crippen molar-refractivity contribution in [3.05, 3.63) is 35.7 Å². The number of allylic oxidation sites excluding steroid dienone is 5. The van der Waals surface area contributed by atoms with Gasteiger partial charge in [0.2, 0.25) is 0 Å². The monoisotopic (exact) mass is 167 g/mol. The minimum absolute atomic E-state index is 0.0738. The fourth-order valence-electron chi connectivity index (χ4n) is 1.11. The van der Waals surface area contributed by atoms with Gasteiger partial charge in [0, 0.05) is 0 Å². The van der Waals surface area contributed by atoms with Crippen LogP contribution in [0.5, 0.6) is 0 Å². The first-order valence-corrected chi connectivity index (χ1v) is 4.21. The van der Waals surface area contributed by atoms with Crippen molar-refractivity contribution in [2.75, 3.05) is 13.6 Å². The molecule has 0 bridgehead atoms. The lowest BCUT2D eigenvalue weighted by molar-refractivity contribution is 0.629. The zero-order valence-electron chi connectivity index (χ0n) is 7.31. The average molecular weight is 167 g/mol. The van der Waals surface area contributed by atoms with E-state index in [9.17, 15) is 4.39 Å². The quantitative estimate of drug-likeness (QED) is 0.680. The van der Waals surface area contributed by atoms with Crippen molar-refractivity contribution >= 4 is 0 Å². The molecule has 1 rings (SSSR count). The molecule has 0 spiro atoms. The molecular formula is C10H14FN. The molecule has 1 aliphatic rings. The maximum Gasteiger partial charge on any atom is 0.122 e. The Hall–Kier alpha value is -0.890. The molecule has 0 aromatic heterocycles. The number of rotatable bonds is 3. The molecule has 0 radical (unpaired) electrons. The van der Waals surface area contributed by atoms with Crippen LogP contribution in [0, 0.1) is 0 Å². The molecule has 1 N–H and O–H groups in total. The van der Waals surface area contributed by atoms with Gasteiger partial charge < -0.3 is 5.32 Å². The van der Waals surface area contributed by atoms with Crippen molar-refractivity contribution in [3.8, 4) is 0 Å². The molecule has 0 aliphatic heterocycles. The van der Waals surface area contributed by atoms with E-state index in [-0.39, 0.29) is 5.83 Å². The van der Waals surface area contributed by atoms with Crippen molar-refractivity contribution in [3.63, 3.8) is 0 Å². The van der Waals surface area contributed by atoms with Gasteiger partial charge in [0.1, 0.15) is 5.83 Å². The SMILES string of the molecule is CNCCC1=CC=CCC=C1F. The summed E-state index contributed by atoms with van der Waals surface area (Å²) in [4.78, 5) is 0. The van der Waals surface area contributed by atoms with Crippen LogP contribution in [0.4, 0.5) is 4.39 Å². The third kappa shape index (κ3) is 2.62. The van der Waals surface area contributed by atoms with Gasteiger partial charge in [-0.15, -0.1) is 0 Å². The smallest absolute Gasteiger partial charge is 0.122 e. The van der Waals surface area contributed by atoms with E-state index in [0.717, 1.165) is 18.5 Å². The summed E-state index contributed by atoms with van der Waals surface area (Å²) in [6, 6.07) is 0. The van der Waals surface area contributed by atoms with E-state index in [1.54, 1.807) is 6.08 Å². The second-order valence-corrected chi connectivity index (χ2v) is 2.76. The summed E-state index contributed by atoms with van der Waals surface area (Å²) in [6.45, 7) is 0.820. The van der Waals surface area contributed by atoms with Crippen molar-refractivity contribution in [1.82, 2.24) is 5.32 Å². The van der Waals surface area contributed by atoms with Crippen LogP contribution in [0.25, 0.3) is 0 Å². The van der Waals surface area contributed by atoms with Crippen LogP contribution in [-0.2, 0) is 0 Å². The molecule has 0 atom stereocenters. The summed E-state index contributed by atoms with van der Waals surface area (Å²) in [5.74, 6) is -0.0738. The Kier molecular flexibility index (Phi) is 3.74. The van der Waals surface area contributed by atoms with E-state index in [1.165, 1.54) is 0 Å². The number of nitrogens with one attached hydrogen (secondary N) is 1. The van der Waals surface area contributed by atoms with E-state index in [1.807, 2.05) is 25.3 Å². The topological polar surface area (TPSA) is 12.0 Å². The fourth-order valence-corrected chi connectivity index (χ4v) is 1.11. The van der Waals surface area contributed by atoms with Gasteiger partial charge in [0.25, 0.3) is 0 Å². The Balaban J connectivity index is 2.58. The second-order valence-electron chi connectivity index (χ2n) is 2.76. The normalized spacial score (nSPS) is 16.8. The predicted molar refractivity (Wildman–Crippen MR) is 49.6 cm³/mol. The van der Waals surface area contributed by atoms with E-state index >= 15 is 0 Å². The molecule has 0 heterocycles. The molecule has 0 aromatic rings. The van der Waals surface area contributed by atoms with Crippen LogP contribution in [0.2, 0.25) is 0 Å². The summed E-state index contributed by atoms with van der Waals surface area (Å²) in [6.07, 6.45) is 8.77. The van der Waals surface area contributed by atoms with Crippen LogP contribution in [-0.4, -0.2) is 13.6 Å². The molecule has 0 saturated heterocycles. The number of halogens is 1. The highest BCUT2D eigenvalue weighted by Crippen LogP contribution is 2.18. The fraction of sp³-hybridized carbons (Fsp3) is 0.400. The molecule has 0 amide bonds. The zero-order valence-corrected chi connectivity index (χ0v) is 7.31. The molecule has 1 aliphatic carbocycles. The van der Waals surface area contributed by atoms with Crippen LogP contribution >= 0.6 is 0 Å². The van der Waals surface area contributed by atoms with E-state index in [0.29, 0.717) is 6.42 Å². The largest absolute Gasteiger partial charge is 0.319 e. The zero-order chi connectivity index (χ0) is 8.81. The van der Waals surface area contributed by atoms with Crippen LogP contribution in [0.3, 0.4) is 0 Å². The molecule has 1 nitrogen and oxygen atoms in total. The third-order valence-electron chi connectivity index (χ3n) is 1.82. The van der Waals surface area contributed by atoms with Crippen molar-refractivity contribution in [1.29, 1.82) is 0 Å². The summed E-state index contributed by atoms with van der Waals surface area (Å²) in [5.41, 5.74) is 0.790. The maximum absolute atomic E-state index is 13.2. The minimum atomic E-state index is -0.0738. The Morgan fingerprint density at radius 1 is 1.58 bits per heavy atom. The standard InChI is InChI=1S/C10H14FN/c1-12-8-7-9-5-3-2-4-6-10(9)11/h2-3,5-6,12H,4,7-8H2,1H3. The molecule has 2 heteroatoms. The summed E-state index contributed by atoms with van der Waals surface area (Å²) >= 11 is 0. The second kappa shape index (κ2) is 4.88. The minimum Gasteiger partial charge on any atom is -0.319 e. The first-order valence-electron chi connectivity index (χ1n) is 4.21. The van der Waals surface area contributed by atoms with E-state index in [2.05, 4.69) is 5.32 Å². The number of hydrogen-bond donors (Lipinski definition) is 1. The van der Waals surface area contributed by atoms with Gasteiger partial charge in [-0.05, 0) is 38.1 Å². The summed E-state index contributed by atoms with van der Waals surface area (Å²) in [7, 11) is 1.87. The molecule has 0 saturated carbocycles. The van der Waals surface area contributed by atoms with E-state index < -0.39 is 0 Å². The molecule has 0 unspecified atom stereocenters. The maximum atomic E-state index is 13.2. The van der Waals surface area contributed by atoms with Gasteiger partial charge >= 0.3 is 0 Å². The molecular weight excluding hydrogens is 153 g/mol. The van der Waals surface area contributed by atoms with Gasteiger partial charge in [0.05, 0.1) is 0 Å².